The quantitative estimate of drug-likeness (QED) is 0.0839. The third kappa shape index (κ3) is 9.04. The number of para-hydroxylation sites is 1. The molecule has 246 valence electrons. The Morgan fingerprint density at radius 1 is 1.12 bits per heavy atom. The fraction of sp³-hybridized carbons (Fsp3) is 0.286. The Morgan fingerprint density at radius 2 is 1.96 bits per heavy atom. The molecule has 0 aliphatic carbocycles. The van der Waals surface area contributed by atoms with Crippen molar-refractivity contribution < 1.29 is 19.0 Å². The second-order valence-corrected chi connectivity index (χ2v) is 13.2. The second kappa shape index (κ2) is 16.2. The summed E-state index contributed by atoms with van der Waals surface area (Å²) in [6.07, 6.45) is 7.42. The summed E-state index contributed by atoms with van der Waals surface area (Å²) in [6.45, 7) is 2.70. The Bertz CT molecular complexity index is 1980. The fourth-order valence-corrected chi connectivity index (χ4v) is 6.57. The van der Waals surface area contributed by atoms with E-state index in [0.29, 0.717) is 64.4 Å². The number of halogens is 1. The number of aromatic nitrogens is 4. The standard InChI is InChI=1S/C35H34FN7O3S2/c1-5-6-12-25(27-20-22(2)32(42-41-27)40-35-38-26-13-7-8-14-29(26)47-35)37-34-39-31(33(44)45)30(48-34)15-10-19-46-28-17-16-23(21-24(28)36)11-9-18-43(3)4/h1,7-8,13-14,16-17,20-21,25H,6,10,12,15,18-19H2,2-4H3,(H,37,39)(H,44,45)(H,38,40,42). The first-order valence-corrected chi connectivity index (χ1v) is 16.8. The van der Waals surface area contributed by atoms with E-state index in [1.165, 1.54) is 28.7 Å². The van der Waals surface area contributed by atoms with Gasteiger partial charge >= 0.3 is 5.97 Å². The number of aromatic carboxylic acids is 1. The molecular weight excluding hydrogens is 650 g/mol. The van der Waals surface area contributed by atoms with Crippen molar-refractivity contribution in [2.24, 2.45) is 0 Å². The minimum atomic E-state index is -1.13. The number of hydrogen-bond donors (Lipinski definition) is 3. The molecule has 0 aliphatic rings. The summed E-state index contributed by atoms with van der Waals surface area (Å²) in [4.78, 5) is 23.5. The predicted octanol–water partition coefficient (Wildman–Crippen LogP) is 6.92. The van der Waals surface area contributed by atoms with Crippen molar-refractivity contribution in [3.05, 3.63) is 81.7 Å². The van der Waals surface area contributed by atoms with Gasteiger partial charge in [0, 0.05) is 16.9 Å². The van der Waals surface area contributed by atoms with Crippen LogP contribution in [0, 0.1) is 36.9 Å². The zero-order chi connectivity index (χ0) is 34.0. The molecule has 0 radical (unpaired) electrons. The Kier molecular flexibility index (Phi) is 11.5. The fourth-order valence-electron chi connectivity index (χ4n) is 4.66. The lowest BCUT2D eigenvalue weighted by Crippen LogP contribution is -2.14. The Labute approximate surface area is 286 Å². The van der Waals surface area contributed by atoms with Crippen molar-refractivity contribution in [2.45, 2.75) is 38.6 Å². The second-order valence-electron chi connectivity index (χ2n) is 11.1. The number of thiazole rings is 2. The maximum atomic E-state index is 14.6. The van der Waals surface area contributed by atoms with Crippen LogP contribution in [-0.2, 0) is 6.42 Å². The molecule has 1 atom stereocenters. The number of benzene rings is 2. The van der Waals surface area contributed by atoms with Crippen LogP contribution in [0.2, 0.25) is 0 Å². The lowest BCUT2D eigenvalue weighted by atomic mass is 10.1. The third-order valence-electron chi connectivity index (χ3n) is 7.02. The maximum Gasteiger partial charge on any atom is 0.355 e. The van der Waals surface area contributed by atoms with E-state index in [2.05, 4.69) is 48.6 Å². The molecule has 0 saturated carbocycles. The van der Waals surface area contributed by atoms with Crippen LogP contribution in [0.1, 0.15) is 57.5 Å². The Morgan fingerprint density at radius 3 is 2.69 bits per heavy atom. The van der Waals surface area contributed by atoms with Gasteiger partial charge in [0.05, 0.1) is 35.1 Å². The van der Waals surface area contributed by atoms with Crippen LogP contribution in [0.15, 0.2) is 48.5 Å². The number of carboxylic acid groups (broad SMARTS) is 1. The molecule has 13 heteroatoms. The monoisotopic (exact) mass is 683 g/mol. The molecule has 10 nitrogen and oxygen atoms in total. The number of anilines is 3. The van der Waals surface area contributed by atoms with E-state index in [1.807, 2.05) is 56.3 Å². The average Bonchev–Trinajstić information content (AvgIpc) is 3.66. The zero-order valence-corrected chi connectivity index (χ0v) is 28.3. The number of ether oxygens (including phenoxy) is 1. The normalized spacial score (nSPS) is 11.5. The minimum Gasteiger partial charge on any atom is -0.491 e. The SMILES string of the molecule is C#CCCC(Nc1nc(C(=O)O)c(CCCOc2ccc(C#CCN(C)C)cc2F)s1)c1cc(C)c(Nc2nc3ccccc3s2)nn1. The molecule has 0 amide bonds. The molecular formula is C35H34FN7O3S2. The van der Waals surface area contributed by atoms with Gasteiger partial charge in [-0.1, -0.05) is 35.3 Å². The van der Waals surface area contributed by atoms with Crippen molar-refractivity contribution in [1.29, 1.82) is 0 Å². The summed E-state index contributed by atoms with van der Waals surface area (Å²) < 4.78 is 21.3. The number of nitrogens with one attached hydrogen (secondary N) is 2. The van der Waals surface area contributed by atoms with E-state index in [-0.39, 0.29) is 24.1 Å². The molecule has 0 saturated heterocycles. The number of carbonyl (C=O) groups is 1. The maximum absolute atomic E-state index is 14.6. The number of nitrogens with zero attached hydrogens (tertiary/aromatic N) is 5. The van der Waals surface area contributed by atoms with Crippen LogP contribution in [-0.4, -0.2) is 63.4 Å². The highest BCUT2D eigenvalue weighted by atomic mass is 32.1. The van der Waals surface area contributed by atoms with Crippen molar-refractivity contribution in [1.82, 2.24) is 25.1 Å². The Balaban J connectivity index is 1.23. The van der Waals surface area contributed by atoms with Gasteiger partial charge in [-0.15, -0.1) is 28.8 Å². The van der Waals surface area contributed by atoms with Gasteiger partial charge in [-0.05, 0) is 82.2 Å². The van der Waals surface area contributed by atoms with Crippen molar-refractivity contribution in [3.8, 4) is 29.9 Å². The first kappa shape index (κ1) is 34.3. The summed E-state index contributed by atoms with van der Waals surface area (Å²) in [5, 5.41) is 26.5. The van der Waals surface area contributed by atoms with E-state index < -0.39 is 11.8 Å². The molecule has 5 aromatic rings. The van der Waals surface area contributed by atoms with Crippen LogP contribution in [0.25, 0.3) is 10.2 Å². The number of rotatable bonds is 14. The van der Waals surface area contributed by atoms with Gasteiger partial charge in [0.15, 0.2) is 33.3 Å². The van der Waals surface area contributed by atoms with Crippen molar-refractivity contribution in [2.75, 3.05) is 37.9 Å². The predicted molar refractivity (Wildman–Crippen MR) is 189 cm³/mol. The van der Waals surface area contributed by atoms with Gasteiger partial charge in [-0.2, -0.15) is 5.10 Å². The van der Waals surface area contributed by atoms with Crippen LogP contribution in [0.4, 0.5) is 20.5 Å². The van der Waals surface area contributed by atoms with E-state index in [9.17, 15) is 14.3 Å². The Hall–Kier alpha value is -5.08. The van der Waals surface area contributed by atoms with Gasteiger partial charge in [0.2, 0.25) is 0 Å². The lowest BCUT2D eigenvalue weighted by molar-refractivity contribution is 0.0690. The van der Waals surface area contributed by atoms with Gasteiger partial charge in [0.25, 0.3) is 0 Å². The number of fused-ring (bicyclic) bond motifs is 1. The average molecular weight is 684 g/mol. The van der Waals surface area contributed by atoms with Crippen LogP contribution in [0.5, 0.6) is 5.75 Å². The van der Waals surface area contributed by atoms with Gasteiger partial charge < -0.3 is 20.5 Å². The number of aryl methyl sites for hydroxylation is 2. The lowest BCUT2D eigenvalue weighted by Gasteiger charge is -2.17. The topological polar surface area (TPSA) is 125 Å². The first-order valence-electron chi connectivity index (χ1n) is 15.2. The van der Waals surface area contributed by atoms with E-state index in [4.69, 9.17) is 11.2 Å². The molecule has 0 aliphatic heterocycles. The van der Waals surface area contributed by atoms with E-state index in [1.54, 1.807) is 12.1 Å². The van der Waals surface area contributed by atoms with Crippen LogP contribution >= 0.6 is 22.7 Å². The largest absolute Gasteiger partial charge is 0.491 e. The van der Waals surface area contributed by atoms with Crippen molar-refractivity contribution in [3.63, 3.8) is 0 Å². The molecule has 0 spiro atoms. The molecule has 3 heterocycles. The molecule has 3 aromatic heterocycles. The van der Waals surface area contributed by atoms with Gasteiger partial charge in [-0.3, -0.25) is 4.90 Å². The summed E-state index contributed by atoms with van der Waals surface area (Å²) in [5.41, 5.74) is 2.94. The zero-order valence-electron chi connectivity index (χ0n) is 26.7. The molecule has 5 rings (SSSR count). The van der Waals surface area contributed by atoms with Crippen molar-refractivity contribution >= 4 is 54.9 Å². The molecule has 0 fully saturated rings. The van der Waals surface area contributed by atoms with E-state index in [0.717, 1.165) is 15.8 Å². The van der Waals surface area contributed by atoms with Crippen LogP contribution < -0.4 is 15.4 Å². The molecule has 2 aromatic carbocycles. The summed E-state index contributed by atoms with van der Waals surface area (Å²) in [6, 6.07) is 14.1. The van der Waals surface area contributed by atoms with Crippen LogP contribution in [0.3, 0.4) is 0 Å². The molecule has 1 unspecified atom stereocenters. The molecule has 48 heavy (non-hydrogen) atoms. The number of terminal acetylenes is 1. The van der Waals surface area contributed by atoms with Gasteiger partial charge in [0.1, 0.15) is 0 Å². The smallest absolute Gasteiger partial charge is 0.355 e. The molecule has 0 bridgehead atoms. The third-order valence-corrected chi connectivity index (χ3v) is 9.02. The number of carboxylic acids is 1. The summed E-state index contributed by atoms with van der Waals surface area (Å²) in [5.74, 6) is 7.64. The summed E-state index contributed by atoms with van der Waals surface area (Å²) >= 11 is 2.78. The van der Waals surface area contributed by atoms with E-state index >= 15 is 0 Å². The first-order chi connectivity index (χ1) is 23.2. The number of hydrogen-bond acceptors (Lipinski definition) is 11. The highest BCUT2D eigenvalue weighted by molar-refractivity contribution is 7.22. The highest BCUT2D eigenvalue weighted by Gasteiger charge is 2.22. The van der Waals surface area contributed by atoms with Gasteiger partial charge in [-0.25, -0.2) is 19.2 Å². The summed E-state index contributed by atoms with van der Waals surface area (Å²) in [7, 11) is 3.82. The highest BCUT2D eigenvalue weighted by Crippen LogP contribution is 2.32. The minimum absolute atomic E-state index is 0.0392. The molecule has 3 N–H and O–H groups in total.